The fourth-order valence-electron chi connectivity index (χ4n) is 9.17. The molecule has 0 aliphatic carbocycles. The Hall–Kier alpha value is -0.650. The van der Waals surface area contributed by atoms with Gasteiger partial charge in [0, 0.05) is 6.42 Å². The van der Waals surface area contributed by atoms with Gasteiger partial charge in [-0.05, 0) is 12.8 Å². The number of amides is 1. The first-order chi connectivity index (χ1) is 29.6. The Morgan fingerprint density at radius 3 is 0.800 bits per heavy atom. The number of nitrogens with one attached hydrogen (secondary N) is 1. The number of carbonyl (C=O) groups is 1. The third-order valence-electron chi connectivity index (χ3n) is 13.5. The van der Waals surface area contributed by atoms with Crippen LogP contribution < -0.4 is 5.32 Å². The zero-order valence-electron chi connectivity index (χ0n) is 41.1. The van der Waals surface area contributed by atoms with E-state index < -0.39 is 18.2 Å². The topological polar surface area (TPSA) is 89.8 Å². The van der Waals surface area contributed by atoms with Crippen LogP contribution in [-0.2, 0) is 4.79 Å². The van der Waals surface area contributed by atoms with Gasteiger partial charge in [0.1, 0.15) is 6.10 Å². The highest BCUT2D eigenvalue weighted by Crippen LogP contribution is 2.19. The molecule has 0 heterocycles. The molecule has 360 valence electrons. The Morgan fingerprint density at radius 2 is 0.567 bits per heavy atom. The van der Waals surface area contributed by atoms with Gasteiger partial charge >= 0.3 is 0 Å². The van der Waals surface area contributed by atoms with Gasteiger partial charge in [-0.2, -0.15) is 0 Å². The summed E-state index contributed by atoms with van der Waals surface area (Å²) in [5.74, 6) is -0.138. The summed E-state index contributed by atoms with van der Waals surface area (Å²) in [4.78, 5) is 12.5. The van der Waals surface area contributed by atoms with E-state index in [1.165, 1.54) is 257 Å². The standard InChI is InChI=1S/C55H111NO4/c1-3-5-7-9-11-13-15-16-17-18-19-20-21-22-23-24-25-26-27-28-29-30-31-32-33-34-35-36-37-38-40-42-44-46-48-50-54(59)56-52(51-57)55(60)53(58)49-47-45-43-41-39-14-12-10-8-6-4-2/h52-53,55,57-58,60H,3-51H2,1-2H3,(H,56,59). The fraction of sp³-hybridized carbons (Fsp3) is 0.982. The molecule has 0 rings (SSSR count). The van der Waals surface area contributed by atoms with Gasteiger partial charge in [0.05, 0.1) is 18.8 Å². The number of carbonyl (C=O) groups excluding carboxylic acids is 1. The second-order valence-corrected chi connectivity index (χ2v) is 19.5. The molecule has 0 aromatic heterocycles. The maximum absolute atomic E-state index is 12.5. The van der Waals surface area contributed by atoms with Crippen LogP contribution in [0.2, 0.25) is 0 Å². The highest BCUT2D eigenvalue weighted by Gasteiger charge is 2.26. The van der Waals surface area contributed by atoms with E-state index in [1.54, 1.807) is 0 Å². The summed E-state index contributed by atoms with van der Waals surface area (Å²) < 4.78 is 0. The van der Waals surface area contributed by atoms with E-state index in [0.29, 0.717) is 12.8 Å². The number of hydrogen-bond donors (Lipinski definition) is 4. The van der Waals surface area contributed by atoms with Crippen LogP contribution in [0.5, 0.6) is 0 Å². The van der Waals surface area contributed by atoms with Crippen molar-refractivity contribution in [3.05, 3.63) is 0 Å². The molecule has 0 aliphatic rings. The van der Waals surface area contributed by atoms with Crippen LogP contribution in [-0.4, -0.2) is 46.1 Å². The molecule has 5 nitrogen and oxygen atoms in total. The molecule has 5 heteroatoms. The van der Waals surface area contributed by atoms with Gasteiger partial charge in [-0.1, -0.05) is 303 Å². The fourth-order valence-corrected chi connectivity index (χ4v) is 9.17. The zero-order chi connectivity index (χ0) is 43.7. The van der Waals surface area contributed by atoms with Gasteiger partial charge in [-0.25, -0.2) is 0 Å². The Morgan fingerprint density at radius 1 is 0.350 bits per heavy atom. The van der Waals surface area contributed by atoms with Gasteiger partial charge in [0.15, 0.2) is 0 Å². The SMILES string of the molecule is CCCCCCCCCCCCCCCCCCCCCCCCCCCCCCCCCCCCCC(=O)NC(CO)C(O)C(O)CCCCCCCCCCCCC. The molecule has 0 aliphatic heterocycles. The zero-order valence-corrected chi connectivity index (χ0v) is 41.1. The van der Waals surface area contributed by atoms with Crippen molar-refractivity contribution in [3.63, 3.8) is 0 Å². The van der Waals surface area contributed by atoms with Crippen LogP contribution >= 0.6 is 0 Å². The first kappa shape index (κ1) is 59.4. The molecule has 0 saturated heterocycles. The normalized spacial score (nSPS) is 13.2. The van der Waals surface area contributed by atoms with Crippen molar-refractivity contribution >= 4 is 5.91 Å². The molecule has 3 unspecified atom stereocenters. The van der Waals surface area contributed by atoms with Crippen LogP contribution in [0.3, 0.4) is 0 Å². The molecule has 0 aromatic rings. The largest absolute Gasteiger partial charge is 0.394 e. The van der Waals surface area contributed by atoms with Crippen molar-refractivity contribution in [2.24, 2.45) is 0 Å². The van der Waals surface area contributed by atoms with Gasteiger partial charge < -0.3 is 20.6 Å². The predicted octanol–water partition coefficient (Wildman–Crippen LogP) is 16.9. The monoisotopic (exact) mass is 850 g/mol. The van der Waals surface area contributed by atoms with Crippen molar-refractivity contribution < 1.29 is 20.1 Å². The summed E-state index contributed by atoms with van der Waals surface area (Å²) in [7, 11) is 0. The van der Waals surface area contributed by atoms with Crippen molar-refractivity contribution in [3.8, 4) is 0 Å². The average Bonchev–Trinajstić information content (AvgIpc) is 3.25. The molecular formula is C55H111NO4. The Balaban J connectivity index is 3.38. The third-order valence-corrected chi connectivity index (χ3v) is 13.5. The molecule has 0 aromatic carbocycles. The van der Waals surface area contributed by atoms with E-state index in [4.69, 9.17) is 0 Å². The van der Waals surface area contributed by atoms with E-state index in [-0.39, 0.29) is 12.5 Å². The van der Waals surface area contributed by atoms with Crippen LogP contribution in [0.1, 0.15) is 322 Å². The lowest BCUT2D eigenvalue weighted by Gasteiger charge is -2.26. The van der Waals surface area contributed by atoms with Crippen LogP contribution in [0.4, 0.5) is 0 Å². The van der Waals surface area contributed by atoms with Gasteiger partial charge in [-0.3, -0.25) is 4.79 Å². The molecule has 4 N–H and O–H groups in total. The van der Waals surface area contributed by atoms with Crippen molar-refractivity contribution in [2.45, 2.75) is 340 Å². The summed E-state index contributed by atoms with van der Waals surface area (Å²) >= 11 is 0. The summed E-state index contributed by atoms with van der Waals surface area (Å²) in [6.45, 7) is 4.20. The first-order valence-electron chi connectivity index (χ1n) is 27.8. The minimum absolute atomic E-state index is 0.138. The summed E-state index contributed by atoms with van der Waals surface area (Å²) in [5.41, 5.74) is 0. The quantitative estimate of drug-likeness (QED) is 0.0459. The number of rotatable bonds is 52. The maximum Gasteiger partial charge on any atom is 0.220 e. The third kappa shape index (κ3) is 45.4. The van der Waals surface area contributed by atoms with Gasteiger partial charge in [-0.15, -0.1) is 0 Å². The van der Waals surface area contributed by atoms with Crippen LogP contribution in [0.25, 0.3) is 0 Å². The van der Waals surface area contributed by atoms with Crippen LogP contribution in [0, 0.1) is 0 Å². The van der Waals surface area contributed by atoms with Crippen molar-refractivity contribution in [1.82, 2.24) is 5.32 Å². The van der Waals surface area contributed by atoms with E-state index in [1.807, 2.05) is 0 Å². The minimum atomic E-state index is -1.13. The Kier molecular flexibility index (Phi) is 50.4. The lowest BCUT2D eigenvalue weighted by molar-refractivity contribution is -0.124. The Labute approximate surface area is 377 Å². The number of hydrogen-bond acceptors (Lipinski definition) is 4. The molecule has 0 spiro atoms. The molecule has 60 heavy (non-hydrogen) atoms. The smallest absolute Gasteiger partial charge is 0.220 e. The Bertz CT molecular complexity index is 807. The second kappa shape index (κ2) is 51.0. The van der Waals surface area contributed by atoms with Crippen molar-refractivity contribution in [1.29, 1.82) is 0 Å². The van der Waals surface area contributed by atoms with E-state index in [2.05, 4.69) is 19.2 Å². The first-order valence-corrected chi connectivity index (χ1v) is 27.8. The molecule has 3 atom stereocenters. The van der Waals surface area contributed by atoms with Gasteiger partial charge in [0.2, 0.25) is 5.91 Å². The molecular weight excluding hydrogens is 739 g/mol. The summed E-state index contributed by atoms with van der Waals surface area (Å²) in [6, 6.07) is -0.803. The molecule has 0 saturated carbocycles. The van der Waals surface area contributed by atoms with Gasteiger partial charge in [0.25, 0.3) is 0 Å². The van der Waals surface area contributed by atoms with E-state index in [0.717, 1.165) is 38.5 Å². The average molecular weight is 850 g/mol. The highest BCUT2D eigenvalue weighted by atomic mass is 16.3. The van der Waals surface area contributed by atoms with Crippen molar-refractivity contribution in [2.75, 3.05) is 6.61 Å². The maximum atomic E-state index is 12.5. The summed E-state index contributed by atoms with van der Waals surface area (Å²) in [6.07, 6.45) is 61.4. The minimum Gasteiger partial charge on any atom is -0.394 e. The molecule has 0 fully saturated rings. The van der Waals surface area contributed by atoms with Crippen LogP contribution in [0.15, 0.2) is 0 Å². The molecule has 0 radical (unpaired) electrons. The van der Waals surface area contributed by atoms with E-state index >= 15 is 0 Å². The van der Waals surface area contributed by atoms with E-state index in [9.17, 15) is 20.1 Å². The number of unbranched alkanes of at least 4 members (excludes halogenated alkanes) is 44. The second-order valence-electron chi connectivity index (χ2n) is 19.5. The molecule has 0 bridgehead atoms. The highest BCUT2D eigenvalue weighted by molar-refractivity contribution is 5.76. The number of aliphatic hydroxyl groups is 3. The lowest BCUT2D eigenvalue weighted by atomic mass is 9.99. The molecule has 1 amide bonds. The summed E-state index contributed by atoms with van der Waals surface area (Å²) in [5, 5.41) is 33.6. The lowest BCUT2D eigenvalue weighted by Crippen LogP contribution is -2.50. The predicted molar refractivity (Wildman–Crippen MR) is 264 cm³/mol. The number of aliphatic hydroxyl groups excluding tert-OH is 3.